The van der Waals surface area contributed by atoms with E-state index >= 15 is 0 Å². The SMILES string of the molecule is COc1ccc2c(CN3CCN(Cc4ccc5c(c4)CCO5)CC3)cc(=O)oc2c1. The van der Waals surface area contributed by atoms with Gasteiger partial charge in [-0.05, 0) is 34.9 Å². The molecule has 0 bridgehead atoms. The highest BCUT2D eigenvalue weighted by Gasteiger charge is 2.20. The van der Waals surface area contributed by atoms with E-state index in [1.165, 1.54) is 11.1 Å². The van der Waals surface area contributed by atoms with Gasteiger partial charge in [0.25, 0.3) is 0 Å². The van der Waals surface area contributed by atoms with E-state index in [0.29, 0.717) is 11.3 Å². The quantitative estimate of drug-likeness (QED) is 0.607. The minimum Gasteiger partial charge on any atom is -0.497 e. The molecule has 30 heavy (non-hydrogen) atoms. The number of nitrogens with zero attached hydrogens (tertiary/aromatic N) is 2. The normalized spacial score (nSPS) is 17.1. The Hall–Kier alpha value is -2.83. The van der Waals surface area contributed by atoms with E-state index in [9.17, 15) is 4.79 Å². The predicted molar refractivity (Wildman–Crippen MR) is 115 cm³/mol. The number of ether oxygens (including phenoxy) is 2. The molecule has 0 radical (unpaired) electrons. The number of methoxy groups -OCH3 is 1. The Kier molecular flexibility index (Phi) is 5.19. The van der Waals surface area contributed by atoms with Crippen molar-refractivity contribution in [3.05, 3.63) is 69.6 Å². The fourth-order valence-corrected chi connectivity index (χ4v) is 4.41. The fourth-order valence-electron chi connectivity index (χ4n) is 4.41. The van der Waals surface area contributed by atoms with Gasteiger partial charge in [0.2, 0.25) is 0 Å². The van der Waals surface area contributed by atoms with E-state index in [2.05, 4.69) is 28.0 Å². The zero-order valence-corrected chi connectivity index (χ0v) is 17.2. The predicted octanol–water partition coefficient (Wildman–Crippen LogP) is 3.05. The lowest BCUT2D eigenvalue weighted by Crippen LogP contribution is -2.45. The highest BCUT2D eigenvalue weighted by Crippen LogP contribution is 2.27. The Labute approximate surface area is 175 Å². The van der Waals surface area contributed by atoms with Gasteiger partial charge in [0, 0.05) is 63.2 Å². The zero-order chi connectivity index (χ0) is 20.5. The van der Waals surface area contributed by atoms with Crippen LogP contribution < -0.4 is 15.1 Å². The standard InChI is InChI=1S/C24H26N2O4/c1-28-20-3-4-21-19(13-24(27)30-23(21)14-20)16-26-9-7-25(8-10-26)15-17-2-5-22-18(12-17)6-11-29-22/h2-5,12-14H,6-11,15-16H2,1H3. The van der Waals surface area contributed by atoms with Crippen LogP contribution in [0.15, 0.2) is 51.7 Å². The summed E-state index contributed by atoms with van der Waals surface area (Å²) in [5, 5.41) is 0.971. The van der Waals surface area contributed by atoms with E-state index < -0.39 is 0 Å². The first-order valence-corrected chi connectivity index (χ1v) is 10.5. The third-order valence-corrected chi connectivity index (χ3v) is 6.06. The Bertz CT molecular complexity index is 1120. The summed E-state index contributed by atoms with van der Waals surface area (Å²) >= 11 is 0. The molecule has 5 rings (SSSR count). The summed E-state index contributed by atoms with van der Waals surface area (Å²) in [6, 6.07) is 13.9. The van der Waals surface area contributed by atoms with Gasteiger partial charge in [0.05, 0.1) is 13.7 Å². The maximum atomic E-state index is 12.0. The summed E-state index contributed by atoms with van der Waals surface area (Å²) in [6.45, 7) is 6.51. The van der Waals surface area contributed by atoms with Crippen LogP contribution in [-0.4, -0.2) is 49.7 Å². The van der Waals surface area contributed by atoms with Gasteiger partial charge in [-0.1, -0.05) is 12.1 Å². The summed E-state index contributed by atoms with van der Waals surface area (Å²) in [5.74, 6) is 1.73. The summed E-state index contributed by atoms with van der Waals surface area (Å²) in [4.78, 5) is 16.9. The van der Waals surface area contributed by atoms with Crippen LogP contribution in [-0.2, 0) is 19.5 Å². The lowest BCUT2D eigenvalue weighted by molar-refractivity contribution is 0.122. The molecule has 0 aliphatic carbocycles. The first kappa shape index (κ1) is 19.2. The van der Waals surface area contributed by atoms with Gasteiger partial charge in [-0.2, -0.15) is 0 Å². The van der Waals surface area contributed by atoms with Gasteiger partial charge in [-0.15, -0.1) is 0 Å². The first-order chi connectivity index (χ1) is 14.7. The Balaban J connectivity index is 1.24. The van der Waals surface area contributed by atoms with E-state index in [0.717, 1.165) is 69.0 Å². The molecule has 6 nitrogen and oxygen atoms in total. The van der Waals surface area contributed by atoms with E-state index in [1.54, 1.807) is 19.2 Å². The van der Waals surface area contributed by atoms with E-state index in [-0.39, 0.29) is 5.63 Å². The molecule has 0 atom stereocenters. The van der Waals surface area contributed by atoms with Crippen LogP contribution in [0.25, 0.3) is 11.0 Å². The molecule has 2 aliphatic rings. The average Bonchev–Trinajstić information content (AvgIpc) is 3.22. The van der Waals surface area contributed by atoms with Crippen LogP contribution in [0.3, 0.4) is 0 Å². The van der Waals surface area contributed by atoms with Crippen molar-refractivity contribution in [3.8, 4) is 11.5 Å². The third-order valence-electron chi connectivity index (χ3n) is 6.06. The molecule has 1 fully saturated rings. The molecule has 0 N–H and O–H groups in total. The van der Waals surface area contributed by atoms with Gasteiger partial charge in [0.1, 0.15) is 17.1 Å². The van der Waals surface area contributed by atoms with Crippen LogP contribution in [0.2, 0.25) is 0 Å². The smallest absolute Gasteiger partial charge is 0.336 e. The fraction of sp³-hybridized carbons (Fsp3) is 0.375. The van der Waals surface area contributed by atoms with Crippen molar-refractivity contribution in [2.24, 2.45) is 0 Å². The first-order valence-electron chi connectivity index (χ1n) is 10.5. The van der Waals surface area contributed by atoms with Gasteiger partial charge in [-0.25, -0.2) is 4.79 Å². The summed E-state index contributed by atoms with van der Waals surface area (Å²) in [6.07, 6.45) is 1.02. The lowest BCUT2D eigenvalue weighted by atomic mass is 10.1. The highest BCUT2D eigenvalue weighted by atomic mass is 16.5. The maximum Gasteiger partial charge on any atom is 0.336 e. The molecule has 1 aromatic heterocycles. The van der Waals surface area contributed by atoms with Crippen LogP contribution in [0.1, 0.15) is 16.7 Å². The van der Waals surface area contributed by atoms with E-state index in [1.807, 2.05) is 12.1 Å². The summed E-state index contributed by atoms with van der Waals surface area (Å²) in [7, 11) is 1.61. The van der Waals surface area contributed by atoms with Crippen molar-refractivity contribution in [2.75, 3.05) is 39.9 Å². The number of fused-ring (bicyclic) bond motifs is 2. The van der Waals surface area contributed by atoms with Gasteiger partial charge < -0.3 is 13.9 Å². The lowest BCUT2D eigenvalue weighted by Gasteiger charge is -2.35. The molecule has 2 aromatic carbocycles. The maximum absolute atomic E-state index is 12.0. The number of hydrogen-bond acceptors (Lipinski definition) is 6. The monoisotopic (exact) mass is 406 g/mol. The molecular formula is C24H26N2O4. The van der Waals surface area contributed by atoms with Gasteiger partial charge in [-0.3, -0.25) is 9.80 Å². The molecule has 0 unspecified atom stereocenters. The number of piperazine rings is 1. The van der Waals surface area contributed by atoms with Crippen molar-refractivity contribution in [2.45, 2.75) is 19.5 Å². The molecule has 0 spiro atoms. The van der Waals surface area contributed by atoms with Crippen LogP contribution in [0.5, 0.6) is 11.5 Å². The molecule has 2 aliphatic heterocycles. The van der Waals surface area contributed by atoms with Gasteiger partial charge >= 0.3 is 5.63 Å². The highest BCUT2D eigenvalue weighted by molar-refractivity contribution is 5.81. The second kappa shape index (κ2) is 8.13. The Morgan fingerprint density at radius 2 is 1.77 bits per heavy atom. The largest absolute Gasteiger partial charge is 0.497 e. The molecule has 0 amide bonds. The number of hydrogen-bond donors (Lipinski definition) is 0. The topological polar surface area (TPSA) is 55.2 Å². The average molecular weight is 406 g/mol. The summed E-state index contributed by atoms with van der Waals surface area (Å²) < 4.78 is 16.2. The molecule has 1 saturated heterocycles. The van der Waals surface area contributed by atoms with Crippen LogP contribution in [0.4, 0.5) is 0 Å². The third kappa shape index (κ3) is 3.93. The zero-order valence-electron chi connectivity index (χ0n) is 17.2. The molecule has 3 aromatic rings. The molecule has 156 valence electrons. The minimum atomic E-state index is -0.315. The van der Waals surface area contributed by atoms with E-state index in [4.69, 9.17) is 13.9 Å². The second-order valence-corrected chi connectivity index (χ2v) is 8.05. The number of benzene rings is 2. The van der Waals surface area contributed by atoms with Crippen molar-refractivity contribution < 1.29 is 13.9 Å². The minimum absolute atomic E-state index is 0.315. The van der Waals surface area contributed by atoms with Crippen molar-refractivity contribution in [3.63, 3.8) is 0 Å². The Morgan fingerprint density at radius 1 is 0.967 bits per heavy atom. The Morgan fingerprint density at radius 3 is 2.57 bits per heavy atom. The van der Waals surface area contributed by atoms with Crippen molar-refractivity contribution >= 4 is 11.0 Å². The van der Waals surface area contributed by atoms with Crippen LogP contribution >= 0.6 is 0 Å². The van der Waals surface area contributed by atoms with Gasteiger partial charge in [0.15, 0.2) is 0 Å². The second-order valence-electron chi connectivity index (χ2n) is 8.05. The van der Waals surface area contributed by atoms with Crippen molar-refractivity contribution in [1.29, 1.82) is 0 Å². The molecule has 0 saturated carbocycles. The molecular weight excluding hydrogens is 380 g/mol. The number of rotatable bonds is 5. The molecule has 6 heteroatoms. The summed E-state index contributed by atoms with van der Waals surface area (Å²) in [5.41, 5.74) is 3.96. The van der Waals surface area contributed by atoms with Crippen LogP contribution in [0, 0.1) is 0 Å². The molecule has 3 heterocycles. The van der Waals surface area contributed by atoms with Crippen molar-refractivity contribution in [1.82, 2.24) is 9.80 Å².